The van der Waals surface area contributed by atoms with E-state index in [1.165, 1.54) is 44.9 Å². The molecule has 0 aromatic carbocycles. The zero-order valence-corrected chi connectivity index (χ0v) is 13.5. The van der Waals surface area contributed by atoms with E-state index in [1.54, 1.807) is 0 Å². The first-order valence-electron chi connectivity index (χ1n) is 8.53. The van der Waals surface area contributed by atoms with Gasteiger partial charge in [0, 0.05) is 18.7 Å². The van der Waals surface area contributed by atoms with Gasteiger partial charge in [0.15, 0.2) is 18.9 Å². The Labute approximate surface area is 130 Å². The highest BCUT2D eigenvalue weighted by Gasteiger charge is 2.09. The molecule has 120 valence electrons. The number of ether oxygens (including phenoxy) is 1. The quantitative estimate of drug-likeness (QED) is 0.446. The molecule has 1 N–H and O–H groups in total. The van der Waals surface area contributed by atoms with Crippen molar-refractivity contribution in [3.63, 3.8) is 0 Å². The minimum absolute atomic E-state index is 0.425. The maximum atomic E-state index is 9.88. The molecule has 1 rings (SSSR count). The Hall–Kier alpha value is -0.930. The second-order valence-corrected chi connectivity index (χ2v) is 5.78. The van der Waals surface area contributed by atoms with Gasteiger partial charge in [0.25, 0.3) is 0 Å². The smallest absolute Gasteiger partial charge is 0.176 e. The van der Waals surface area contributed by atoms with Crippen LogP contribution in [-0.2, 0) is 11.3 Å². The second kappa shape index (κ2) is 12.8. The van der Waals surface area contributed by atoms with Gasteiger partial charge in [-0.25, -0.2) is 4.57 Å². The fourth-order valence-electron chi connectivity index (χ4n) is 2.41. The van der Waals surface area contributed by atoms with Crippen molar-refractivity contribution in [3.05, 3.63) is 30.6 Å². The minimum Gasteiger partial charge on any atom is -0.384 e. The van der Waals surface area contributed by atoms with E-state index in [9.17, 15) is 5.11 Å². The summed E-state index contributed by atoms with van der Waals surface area (Å²) in [6.45, 7) is 4.05. The van der Waals surface area contributed by atoms with E-state index < -0.39 is 6.10 Å². The van der Waals surface area contributed by atoms with Gasteiger partial charge in [-0.05, 0) is 6.42 Å². The van der Waals surface area contributed by atoms with Crippen LogP contribution in [0.4, 0.5) is 0 Å². The first-order chi connectivity index (χ1) is 10.3. The molecule has 3 nitrogen and oxygen atoms in total. The third-order valence-electron chi connectivity index (χ3n) is 3.65. The number of hydrogen-bond acceptors (Lipinski definition) is 2. The van der Waals surface area contributed by atoms with Crippen LogP contribution in [0.5, 0.6) is 0 Å². The molecule has 0 spiro atoms. The van der Waals surface area contributed by atoms with Gasteiger partial charge < -0.3 is 9.84 Å². The third-order valence-corrected chi connectivity index (χ3v) is 3.65. The molecule has 0 aliphatic heterocycles. The van der Waals surface area contributed by atoms with E-state index in [4.69, 9.17) is 4.74 Å². The van der Waals surface area contributed by atoms with E-state index in [2.05, 4.69) is 6.92 Å². The maximum absolute atomic E-state index is 9.88. The van der Waals surface area contributed by atoms with Gasteiger partial charge in [-0.15, -0.1) is 0 Å². The number of unbranched alkanes of at least 4 members (excludes halogenated alkanes) is 7. The van der Waals surface area contributed by atoms with Crippen molar-refractivity contribution in [2.24, 2.45) is 0 Å². The summed E-state index contributed by atoms with van der Waals surface area (Å²) in [5.41, 5.74) is 0. The lowest BCUT2D eigenvalue weighted by molar-refractivity contribution is -0.703. The molecular weight excluding hydrogens is 262 g/mol. The van der Waals surface area contributed by atoms with Crippen molar-refractivity contribution in [2.75, 3.05) is 13.2 Å². The van der Waals surface area contributed by atoms with Gasteiger partial charge in [0.1, 0.15) is 6.10 Å². The van der Waals surface area contributed by atoms with Gasteiger partial charge >= 0.3 is 0 Å². The predicted octanol–water partition coefficient (Wildman–Crippen LogP) is 3.49. The van der Waals surface area contributed by atoms with Crippen LogP contribution in [0, 0.1) is 0 Å². The van der Waals surface area contributed by atoms with Crippen molar-refractivity contribution in [3.8, 4) is 0 Å². The monoisotopic (exact) mass is 294 g/mol. The molecule has 0 fully saturated rings. The zero-order valence-electron chi connectivity index (χ0n) is 13.5. The number of rotatable bonds is 13. The fourth-order valence-corrected chi connectivity index (χ4v) is 2.41. The van der Waals surface area contributed by atoms with Crippen LogP contribution in [0.15, 0.2) is 30.6 Å². The Kier molecular flexibility index (Phi) is 11.0. The summed E-state index contributed by atoms with van der Waals surface area (Å²) >= 11 is 0. The Morgan fingerprint density at radius 2 is 1.52 bits per heavy atom. The van der Waals surface area contributed by atoms with E-state index in [0.29, 0.717) is 13.2 Å². The van der Waals surface area contributed by atoms with Crippen LogP contribution >= 0.6 is 0 Å². The Bertz CT molecular complexity index is 329. The lowest BCUT2D eigenvalue weighted by Gasteiger charge is -2.08. The molecule has 1 heterocycles. The predicted molar refractivity (Wildman–Crippen MR) is 86.1 cm³/mol. The van der Waals surface area contributed by atoms with E-state index >= 15 is 0 Å². The molecule has 0 radical (unpaired) electrons. The lowest BCUT2D eigenvalue weighted by Crippen LogP contribution is -2.40. The normalized spacial score (nSPS) is 12.5. The topological polar surface area (TPSA) is 33.3 Å². The molecule has 0 unspecified atom stereocenters. The molecule has 3 heteroatoms. The number of aliphatic hydroxyl groups is 1. The molecule has 0 saturated carbocycles. The van der Waals surface area contributed by atoms with E-state index in [1.807, 2.05) is 35.2 Å². The first kappa shape index (κ1) is 18.1. The van der Waals surface area contributed by atoms with Crippen LogP contribution in [0.1, 0.15) is 58.3 Å². The molecule has 21 heavy (non-hydrogen) atoms. The van der Waals surface area contributed by atoms with Gasteiger partial charge in [-0.3, -0.25) is 0 Å². The van der Waals surface area contributed by atoms with Crippen LogP contribution in [0.3, 0.4) is 0 Å². The number of aromatic nitrogens is 1. The fraction of sp³-hybridized carbons (Fsp3) is 0.722. The van der Waals surface area contributed by atoms with Crippen molar-refractivity contribution in [2.45, 2.75) is 70.9 Å². The summed E-state index contributed by atoms with van der Waals surface area (Å²) in [6, 6.07) is 5.91. The average Bonchev–Trinajstić information content (AvgIpc) is 2.50. The van der Waals surface area contributed by atoms with Crippen LogP contribution in [0.25, 0.3) is 0 Å². The lowest BCUT2D eigenvalue weighted by atomic mass is 10.1. The van der Waals surface area contributed by atoms with Crippen LogP contribution < -0.4 is 4.57 Å². The summed E-state index contributed by atoms with van der Waals surface area (Å²) in [6.07, 6.45) is 14.0. The van der Waals surface area contributed by atoms with Gasteiger partial charge in [0.05, 0.1) is 6.61 Å². The molecule has 0 aliphatic rings. The summed E-state index contributed by atoms with van der Waals surface area (Å²) < 4.78 is 7.53. The Balaban J connectivity index is 1.87. The van der Waals surface area contributed by atoms with Crippen molar-refractivity contribution >= 4 is 0 Å². The number of nitrogens with zero attached hydrogens (tertiary/aromatic N) is 1. The highest BCUT2D eigenvalue weighted by atomic mass is 16.5. The van der Waals surface area contributed by atoms with Crippen molar-refractivity contribution in [1.82, 2.24) is 0 Å². The summed E-state index contributed by atoms with van der Waals surface area (Å²) in [5, 5.41) is 9.88. The zero-order chi connectivity index (χ0) is 15.2. The molecule has 0 saturated heterocycles. The summed E-state index contributed by atoms with van der Waals surface area (Å²) in [7, 11) is 0. The standard InChI is InChI=1S/C18H32NO2/c1-2-3-4-5-6-7-8-12-15-21-17-18(20)16-19-13-10-9-11-14-19/h9-11,13-14,18,20H,2-8,12,15-17H2,1H3/q+1/t18-/m0/s1. The molecule has 0 amide bonds. The Morgan fingerprint density at radius 1 is 0.905 bits per heavy atom. The molecule has 0 aliphatic carbocycles. The van der Waals surface area contributed by atoms with E-state index in [0.717, 1.165) is 13.0 Å². The van der Waals surface area contributed by atoms with Crippen molar-refractivity contribution < 1.29 is 14.4 Å². The average molecular weight is 294 g/mol. The number of aliphatic hydroxyl groups excluding tert-OH is 1. The van der Waals surface area contributed by atoms with Gasteiger partial charge in [0.2, 0.25) is 0 Å². The van der Waals surface area contributed by atoms with Crippen LogP contribution in [0.2, 0.25) is 0 Å². The van der Waals surface area contributed by atoms with Gasteiger partial charge in [-0.2, -0.15) is 0 Å². The summed E-state index contributed by atoms with van der Waals surface area (Å²) in [5.74, 6) is 0. The molecule has 1 atom stereocenters. The van der Waals surface area contributed by atoms with Crippen LogP contribution in [-0.4, -0.2) is 24.4 Å². The van der Waals surface area contributed by atoms with Crippen molar-refractivity contribution in [1.29, 1.82) is 0 Å². The highest BCUT2D eigenvalue weighted by Crippen LogP contribution is 2.08. The molecule has 1 aromatic heterocycles. The largest absolute Gasteiger partial charge is 0.384 e. The third kappa shape index (κ3) is 10.4. The SMILES string of the molecule is CCCCCCCCCCOC[C@@H](O)C[n+]1ccccc1. The van der Waals surface area contributed by atoms with E-state index in [-0.39, 0.29) is 0 Å². The molecular formula is C18H32NO2+. The number of pyridine rings is 1. The summed E-state index contributed by atoms with van der Waals surface area (Å²) in [4.78, 5) is 0. The Morgan fingerprint density at radius 3 is 2.19 bits per heavy atom. The maximum Gasteiger partial charge on any atom is 0.176 e. The number of hydrogen-bond donors (Lipinski definition) is 1. The molecule has 1 aromatic rings. The minimum atomic E-state index is -0.425. The molecule has 0 bridgehead atoms. The highest BCUT2D eigenvalue weighted by molar-refractivity contribution is 4.83. The first-order valence-corrected chi connectivity index (χ1v) is 8.53. The second-order valence-electron chi connectivity index (χ2n) is 5.78. The van der Waals surface area contributed by atoms with Gasteiger partial charge in [-0.1, -0.05) is 57.9 Å².